The van der Waals surface area contributed by atoms with Crippen molar-refractivity contribution < 1.29 is 13.0 Å². The van der Waals surface area contributed by atoms with E-state index in [1.54, 1.807) is 13.0 Å². The van der Waals surface area contributed by atoms with Gasteiger partial charge >= 0.3 is 29.6 Å². The first-order chi connectivity index (χ1) is 5.95. The zero-order valence-electron chi connectivity index (χ0n) is 7.19. The number of rotatable bonds is 2. The summed E-state index contributed by atoms with van der Waals surface area (Å²) in [6, 6.07) is 4.30. The van der Waals surface area contributed by atoms with Gasteiger partial charge in [0, 0.05) is 5.69 Å². The summed E-state index contributed by atoms with van der Waals surface area (Å²) < 4.78 is 30.5. The van der Waals surface area contributed by atoms with E-state index in [1.807, 2.05) is 0 Å². The van der Waals surface area contributed by atoms with E-state index in [2.05, 4.69) is 0 Å². The number of nitrogens with two attached hydrogens (primary N) is 1. The normalized spacial score (nSPS) is 10.7. The third-order valence-corrected chi connectivity index (χ3v) is 2.70. The molecule has 0 bridgehead atoms. The maximum absolute atomic E-state index is 10.8. The van der Waals surface area contributed by atoms with Gasteiger partial charge in [-0.2, -0.15) is 8.42 Å². The Kier molecular flexibility index (Phi) is 5.11. The molecule has 0 radical (unpaired) electrons. The number of nitrogen functional groups attached to an aromatic ring is 1. The first-order valence-corrected chi connectivity index (χ1v) is 5.25. The quantitative estimate of drug-likeness (QED) is 0.434. The van der Waals surface area contributed by atoms with Gasteiger partial charge in [0.15, 0.2) is 0 Å². The maximum atomic E-state index is 10.8. The minimum absolute atomic E-state index is 0. The van der Waals surface area contributed by atoms with Crippen molar-refractivity contribution in [2.45, 2.75) is 18.2 Å². The topological polar surface area (TPSA) is 80.4 Å². The van der Waals surface area contributed by atoms with Gasteiger partial charge in [-0.3, -0.25) is 4.55 Å². The Bertz CT molecular complexity index is 417. The molecule has 0 aliphatic carbocycles. The summed E-state index contributed by atoms with van der Waals surface area (Å²) in [6.45, 7) is 1.80. The average molecular weight is 225 g/mol. The molecular formula is C8H12NNaO3S. The van der Waals surface area contributed by atoms with E-state index in [0.717, 1.165) is 0 Å². The Morgan fingerprint density at radius 1 is 1.43 bits per heavy atom. The van der Waals surface area contributed by atoms with Gasteiger partial charge in [0.1, 0.15) is 0 Å². The van der Waals surface area contributed by atoms with Crippen LogP contribution in [0.5, 0.6) is 0 Å². The minimum atomic E-state index is -4.12. The van der Waals surface area contributed by atoms with Crippen LogP contribution in [0.15, 0.2) is 23.1 Å². The predicted molar refractivity (Wildman–Crippen MR) is 57.2 cm³/mol. The molecule has 0 saturated heterocycles. The monoisotopic (exact) mass is 225 g/mol. The van der Waals surface area contributed by atoms with E-state index >= 15 is 0 Å². The zero-order valence-corrected chi connectivity index (χ0v) is 8.00. The number of aryl methyl sites for hydroxylation is 1. The standard InChI is InChI=1S/C8H11NO3S.Na.H/c1-2-6-5-7(9)3-4-8(6)13(10,11)12;;/h3-5H,2,9H2,1H3,(H,10,11,12);;. The van der Waals surface area contributed by atoms with Crippen molar-refractivity contribution in [3.05, 3.63) is 23.8 Å². The van der Waals surface area contributed by atoms with Gasteiger partial charge in [0.05, 0.1) is 4.90 Å². The van der Waals surface area contributed by atoms with Gasteiger partial charge in [-0.1, -0.05) is 6.92 Å². The molecule has 0 amide bonds. The van der Waals surface area contributed by atoms with Crippen LogP contribution in [0.2, 0.25) is 0 Å². The summed E-state index contributed by atoms with van der Waals surface area (Å²) in [7, 11) is -4.12. The third kappa shape index (κ3) is 3.25. The van der Waals surface area contributed by atoms with Gasteiger partial charge in [-0.05, 0) is 30.2 Å². The van der Waals surface area contributed by atoms with Crippen molar-refractivity contribution >= 4 is 45.4 Å². The third-order valence-electron chi connectivity index (χ3n) is 1.74. The summed E-state index contributed by atoms with van der Waals surface area (Å²) in [4.78, 5) is -0.0656. The van der Waals surface area contributed by atoms with Gasteiger partial charge in [0.25, 0.3) is 10.1 Å². The second kappa shape index (κ2) is 5.14. The molecule has 0 spiro atoms. The fourth-order valence-corrected chi connectivity index (χ4v) is 1.90. The first-order valence-electron chi connectivity index (χ1n) is 3.81. The summed E-state index contributed by atoms with van der Waals surface area (Å²) in [5, 5.41) is 0. The van der Waals surface area contributed by atoms with Crippen LogP contribution in [-0.2, 0) is 16.5 Å². The van der Waals surface area contributed by atoms with E-state index < -0.39 is 10.1 Å². The van der Waals surface area contributed by atoms with E-state index in [-0.39, 0.29) is 34.5 Å². The second-order valence-electron chi connectivity index (χ2n) is 2.70. The molecule has 1 aromatic carbocycles. The fraction of sp³-hybridized carbons (Fsp3) is 0.250. The van der Waals surface area contributed by atoms with Crippen LogP contribution in [0.4, 0.5) is 5.69 Å². The molecule has 0 atom stereocenters. The molecule has 0 heterocycles. The van der Waals surface area contributed by atoms with Crippen LogP contribution >= 0.6 is 0 Å². The summed E-state index contributed by atoms with van der Waals surface area (Å²) in [5.74, 6) is 0. The predicted octanol–water partition coefficient (Wildman–Crippen LogP) is 0.429. The molecule has 0 aliphatic heterocycles. The Morgan fingerprint density at radius 2 is 2.00 bits per heavy atom. The van der Waals surface area contributed by atoms with Crippen LogP contribution in [-0.4, -0.2) is 42.5 Å². The second-order valence-corrected chi connectivity index (χ2v) is 4.09. The Hall–Kier alpha value is -0.0700. The van der Waals surface area contributed by atoms with Crippen LogP contribution in [0.3, 0.4) is 0 Å². The summed E-state index contributed by atoms with van der Waals surface area (Å²) in [6.07, 6.45) is 0.514. The van der Waals surface area contributed by atoms with E-state index in [4.69, 9.17) is 10.3 Å². The molecule has 6 heteroatoms. The number of anilines is 1. The molecule has 3 N–H and O–H groups in total. The molecule has 0 aliphatic rings. The SMILES string of the molecule is CCc1cc(N)ccc1S(=O)(=O)O.[NaH]. The van der Waals surface area contributed by atoms with Crippen LogP contribution in [0.25, 0.3) is 0 Å². The van der Waals surface area contributed by atoms with Crippen LogP contribution < -0.4 is 5.73 Å². The van der Waals surface area contributed by atoms with Crippen molar-refractivity contribution in [3.63, 3.8) is 0 Å². The molecular weight excluding hydrogens is 213 g/mol. The summed E-state index contributed by atoms with van der Waals surface area (Å²) >= 11 is 0. The van der Waals surface area contributed by atoms with Gasteiger partial charge in [-0.25, -0.2) is 0 Å². The average Bonchev–Trinajstić information content (AvgIpc) is 2.01. The summed E-state index contributed by atoms with van der Waals surface area (Å²) in [5.41, 5.74) is 6.49. The van der Waals surface area contributed by atoms with Crippen molar-refractivity contribution in [3.8, 4) is 0 Å². The van der Waals surface area contributed by atoms with Gasteiger partial charge in [0.2, 0.25) is 0 Å². The van der Waals surface area contributed by atoms with Crippen molar-refractivity contribution in [1.82, 2.24) is 0 Å². The van der Waals surface area contributed by atoms with E-state index in [0.29, 0.717) is 17.7 Å². The van der Waals surface area contributed by atoms with Crippen LogP contribution in [0, 0.1) is 0 Å². The Balaban J connectivity index is 0.00000169. The van der Waals surface area contributed by atoms with E-state index in [9.17, 15) is 8.42 Å². The fourth-order valence-electron chi connectivity index (χ4n) is 1.13. The molecule has 0 unspecified atom stereocenters. The molecule has 0 aromatic heterocycles. The van der Waals surface area contributed by atoms with Gasteiger partial charge < -0.3 is 5.73 Å². The van der Waals surface area contributed by atoms with Crippen molar-refractivity contribution in [2.24, 2.45) is 0 Å². The first kappa shape index (κ1) is 13.9. The molecule has 14 heavy (non-hydrogen) atoms. The molecule has 0 fully saturated rings. The Labute approximate surface area is 106 Å². The van der Waals surface area contributed by atoms with E-state index in [1.165, 1.54) is 12.1 Å². The van der Waals surface area contributed by atoms with Gasteiger partial charge in [-0.15, -0.1) is 0 Å². The molecule has 1 aromatic rings. The van der Waals surface area contributed by atoms with Crippen molar-refractivity contribution in [2.75, 3.05) is 5.73 Å². The van der Waals surface area contributed by atoms with Crippen molar-refractivity contribution in [1.29, 1.82) is 0 Å². The molecule has 4 nitrogen and oxygen atoms in total. The number of hydrogen-bond acceptors (Lipinski definition) is 3. The number of benzene rings is 1. The van der Waals surface area contributed by atoms with Crippen LogP contribution in [0.1, 0.15) is 12.5 Å². The molecule has 0 saturated carbocycles. The zero-order chi connectivity index (χ0) is 10.1. The Morgan fingerprint density at radius 3 is 2.43 bits per heavy atom. The molecule has 74 valence electrons. The number of hydrogen-bond donors (Lipinski definition) is 2. The molecule has 1 rings (SSSR count).